The molecule has 3 heterocycles. The molecular weight excluding hydrogens is 428 g/mol. The van der Waals surface area contributed by atoms with Crippen molar-refractivity contribution in [1.29, 1.82) is 0 Å². The number of halogens is 2. The molecule has 0 unspecified atom stereocenters. The molecule has 4 rings (SSSR count). The zero-order valence-electron chi connectivity index (χ0n) is 12.6. The van der Waals surface area contributed by atoms with E-state index in [0.717, 1.165) is 9.35 Å². The van der Waals surface area contributed by atoms with E-state index in [1.54, 1.807) is 40.4 Å². The smallest absolute Gasteiger partial charge is 0.278 e. The van der Waals surface area contributed by atoms with Crippen LogP contribution in [0, 0.1) is 0 Å². The van der Waals surface area contributed by atoms with Gasteiger partial charge in [0.05, 0.1) is 9.90 Å². The van der Waals surface area contributed by atoms with Gasteiger partial charge in [0, 0.05) is 10.7 Å². The quantitative estimate of drug-likeness (QED) is 0.434. The molecule has 0 atom stereocenters. The van der Waals surface area contributed by atoms with Gasteiger partial charge in [-0.15, -0.1) is 11.3 Å². The molecule has 0 aliphatic heterocycles. The van der Waals surface area contributed by atoms with Crippen LogP contribution in [-0.4, -0.2) is 19.9 Å². The summed E-state index contributed by atoms with van der Waals surface area (Å²) < 4.78 is 13.5. The molecule has 3 aromatic heterocycles. The van der Waals surface area contributed by atoms with Crippen LogP contribution in [0.25, 0.3) is 22.3 Å². The lowest BCUT2D eigenvalue weighted by molar-refractivity contribution is 0.221. The molecule has 0 saturated heterocycles. The van der Waals surface area contributed by atoms with E-state index in [1.165, 1.54) is 0 Å². The largest absolute Gasteiger partial charge is 0.470 e. The topological polar surface area (TPSA) is 66.0 Å². The first-order valence-electron chi connectivity index (χ1n) is 7.18. The van der Waals surface area contributed by atoms with Gasteiger partial charge in [-0.3, -0.25) is 0 Å². The number of aromatic nitrogens is 4. The summed E-state index contributed by atoms with van der Waals surface area (Å²) in [5.74, 6) is 1.50. The molecule has 0 spiro atoms. The predicted molar refractivity (Wildman–Crippen MR) is 98.6 cm³/mol. The Morgan fingerprint density at radius 1 is 1.28 bits per heavy atom. The van der Waals surface area contributed by atoms with Crippen LogP contribution in [-0.2, 0) is 6.73 Å². The molecule has 0 radical (unpaired) electrons. The second-order valence-electron chi connectivity index (χ2n) is 4.99. The number of hydrogen-bond donors (Lipinski definition) is 0. The second kappa shape index (κ2) is 6.99. The second-order valence-corrected chi connectivity index (χ2v) is 7.26. The van der Waals surface area contributed by atoms with Crippen molar-refractivity contribution in [2.24, 2.45) is 0 Å². The van der Waals surface area contributed by atoms with Gasteiger partial charge in [-0.2, -0.15) is 10.1 Å². The summed E-state index contributed by atoms with van der Waals surface area (Å²) in [4.78, 5) is 5.31. The van der Waals surface area contributed by atoms with Crippen molar-refractivity contribution in [3.63, 3.8) is 0 Å². The number of benzene rings is 1. The van der Waals surface area contributed by atoms with Crippen molar-refractivity contribution in [3.05, 3.63) is 57.5 Å². The average molecular weight is 438 g/mol. The molecule has 0 amide bonds. The van der Waals surface area contributed by atoms with Crippen molar-refractivity contribution in [1.82, 2.24) is 19.9 Å². The monoisotopic (exact) mass is 436 g/mol. The number of ether oxygens (including phenoxy) is 1. The van der Waals surface area contributed by atoms with Crippen LogP contribution in [0.15, 0.2) is 57.0 Å². The standard InChI is InChI=1S/C16H10BrClN4O2S/c17-10-3-4-13(11(18)8-10)23-9-22-6-5-12(20-22)16-19-15(21-24-16)14-2-1-7-25-14/h1-8H,9H2. The summed E-state index contributed by atoms with van der Waals surface area (Å²) in [6, 6.07) is 11.1. The molecular formula is C16H10BrClN4O2S. The van der Waals surface area contributed by atoms with Crippen LogP contribution >= 0.6 is 38.9 Å². The van der Waals surface area contributed by atoms with Gasteiger partial charge < -0.3 is 9.26 Å². The Bertz CT molecular complexity index is 999. The lowest BCUT2D eigenvalue weighted by atomic mass is 10.3. The van der Waals surface area contributed by atoms with Crippen molar-refractivity contribution in [3.8, 4) is 28.0 Å². The first kappa shape index (κ1) is 16.3. The van der Waals surface area contributed by atoms with Crippen LogP contribution < -0.4 is 4.74 Å². The number of hydrogen-bond acceptors (Lipinski definition) is 6. The molecule has 126 valence electrons. The molecule has 0 aliphatic rings. The first-order chi connectivity index (χ1) is 12.2. The van der Waals surface area contributed by atoms with Gasteiger partial charge in [-0.1, -0.05) is 38.8 Å². The third-order valence-electron chi connectivity index (χ3n) is 3.27. The van der Waals surface area contributed by atoms with E-state index in [4.69, 9.17) is 20.9 Å². The minimum atomic E-state index is 0.216. The highest BCUT2D eigenvalue weighted by atomic mass is 79.9. The molecule has 0 aliphatic carbocycles. The molecule has 0 N–H and O–H groups in total. The maximum atomic E-state index is 6.13. The van der Waals surface area contributed by atoms with Gasteiger partial charge in [0.15, 0.2) is 12.4 Å². The lowest BCUT2D eigenvalue weighted by Gasteiger charge is -2.08. The van der Waals surface area contributed by atoms with Crippen molar-refractivity contribution < 1.29 is 9.26 Å². The van der Waals surface area contributed by atoms with E-state index in [0.29, 0.717) is 28.2 Å². The van der Waals surface area contributed by atoms with Gasteiger partial charge >= 0.3 is 0 Å². The average Bonchev–Trinajstić information content (AvgIpc) is 3.34. The Labute approximate surface area is 160 Å². The van der Waals surface area contributed by atoms with Crippen LogP contribution in [0.3, 0.4) is 0 Å². The van der Waals surface area contributed by atoms with Gasteiger partial charge in [0.1, 0.15) is 5.75 Å². The Balaban J connectivity index is 1.47. The molecule has 0 fully saturated rings. The highest BCUT2D eigenvalue weighted by Gasteiger charge is 2.14. The van der Waals surface area contributed by atoms with Crippen LogP contribution in [0.4, 0.5) is 0 Å². The van der Waals surface area contributed by atoms with Gasteiger partial charge in [0.25, 0.3) is 5.89 Å². The fraction of sp³-hybridized carbons (Fsp3) is 0.0625. The SMILES string of the molecule is Clc1cc(Br)ccc1OCn1ccc(-c2nc(-c3cccs3)no2)n1. The highest BCUT2D eigenvalue weighted by Crippen LogP contribution is 2.28. The molecule has 6 nitrogen and oxygen atoms in total. The maximum absolute atomic E-state index is 6.13. The van der Waals surface area contributed by atoms with Crippen LogP contribution in [0.1, 0.15) is 0 Å². The summed E-state index contributed by atoms with van der Waals surface area (Å²) in [6.45, 7) is 0.216. The van der Waals surface area contributed by atoms with Gasteiger partial charge in [-0.25, -0.2) is 4.68 Å². The van der Waals surface area contributed by atoms with Gasteiger partial charge in [-0.05, 0) is 35.7 Å². The van der Waals surface area contributed by atoms with Crippen molar-refractivity contribution in [2.75, 3.05) is 0 Å². The number of nitrogens with zero attached hydrogens (tertiary/aromatic N) is 4. The predicted octanol–water partition coefficient (Wildman–Crippen LogP) is 5.11. The molecule has 0 saturated carbocycles. The third kappa shape index (κ3) is 3.60. The van der Waals surface area contributed by atoms with E-state index in [-0.39, 0.29) is 6.73 Å². The molecule has 9 heteroatoms. The minimum Gasteiger partial charge on any atom is -0.470 e. The van der Waals surface area contributed by atoms with Crippen molar-refractivity contribution >= 4 is 38.9 Å². The van der Waals surface area contributed by atoms with E-state index in [2.05, 4.69) is 31.2 Å². The zero-order valence-corrected chi connectivity index (χ0v) is 15.8. The zero-order chi connectivity index (χ0) is 17.2. The van der Waals surface area contributed by atoms with E-state index < -0.39 is 0 Å². The maximum Gasteiger partial charge on any atom is 0.278 e. The van der Waals surface area contributed by atoms with Gasteiger partial charge in [0.2, 0.25) is 5.82 Å². The fourth-order valence-corrected chi connectivity index (χ4v) is 3.49. The third-order valence-corrected chi connectivity index (χ3v) is 4.93. The Hall–Kier alpha value is -2.16. The highest BCUT2D eigenvalue weighted by molar-refractivity contribution is 9.10. The molecule has 25 heavy (non-hydrogen) atoms. The van der Waals surface area contributed by atoms with Crippen LogP contribution in [0.5, 0.6) is 5.75 Å². The summed E-state index contributed by atoms with van der Waals surface area (Å²) in [6.07, 6.45) is 1.77. The minimum absolute atomic E-state index is 0.216. The fourth-order valence-electron chi connectivity index (χ4n) is 2.11. The Morgan fingerprint density at radius 3 is 3.00 bits per heavy atom. The summed E-state index contributed by atoms with van der Waals surface area (Å²) in [5.41, 5.74) is 0.584. The first-order valence-corrected chi connectivity index (χ1v) is 9.23. The van der Waals surface area contributed by atoms with E-state index >= 15 is 0 Å². The van der Waals surface area contributed by atoms with E-state index in [1.807, 2.05) is 23.6 Å². The summed E-state index contributed by atoms with van der Waals surface area (Å²) in [5, 5.41) is 10.9. The number of thiophene rings is 1. The summed E-state index contributed by atoms with van der Waals surface area (Å²) in [7, 11) is 0. The molecule has 0 bridgehead atoms. The normalized spacial score (nSPS) is 11.0. The molecule has 4 aromatic rings. The van der Waals surface area contributed by atoms with Crippen LogP contribution in [0.2, 0.25) is 5.02 Å². The summed E-state index contributed by atoms with van der Waals surface area (Å²) >= 11 is 11.0. The Morgan fingerprint density at radius 2 is 2.20 bits per heavy atom. The van der Waals surface area contributed by atoms with Crippen molar-refractivity contribution in [2.45, 2.75) is 6.73 Å². The molecule has 1 aromatic carbocycles. The van der Waals surface area contributed by atoms with E-state index in [9.17, 15) is 0 Å². The number of rotatable bonds is 5. The Kier molecular flexibility index (Phi) is 4.56. The lowest BCUT2D eigenvalue weighted by Crippen LogP contribution is -2.06.